The first kappa shape index (κ1) is 22.8. The average Bonchev–Trinajstić information content (AvgIpc) is 3.23. The summed E-state index contributed by atoms with van der Waals surface area (Å²) < 4.78 is 16.9. The van der Waals surface area contributed by atoms with Crippen molar-refractivity contribution in [2.24, 2.45) is 0 Å². The Morgan fingerprint density at radius 2 is 1.83 bits per heavy atom. The van der Waals surface area contributed by atoms with Crippen LogP contribution in [-0.2, 0) is 4.79 Å². The summed E-state index contributed by atoms with van der Waals surface area (Å²) in [6.07, 6.45) is 0. The van der Waals surface area contributed by atoms with E-state index in [4.69, 9.17) is 0 Å². The Hall–Kier alpha value is -3.98. The molecule has 35 heavy (non-hydrogen) atoms. The third-order valence-corrected chi connectivity index (χ3v) is 6.77. The first-order valence-electron chi connectivity index (χ1n) is 11.0. The number of aryl methyl sites for hydroxylation is 2. The molecule has 0 fully saturated rings. The summed E-state index contributed by atoms with van der Waals surface area (Å²) in [5.74, 6) is -0.368. The van der Waals surface area contributed by atoms with Crippen molar-refractivity contribution in [1.82, 2.24) is 19.2 Å². The average molecular weight is 488 g/mol. The largest absolute Gasteiger partial charge is 0.325 e. The lowest BCUT2D eigenvalue weighted by Gasteiger charge is -2.15. The maximum absolute atomic E-state index is 13.5. The van der Waals surface area contributed by atoms with Gasteiger partial charge in [-0.15, -0.1) is 10.2 Å². The van der Waals surface area contributed by atoms with Gasteiger partial charge in [-0.1, -0.05) is 47.7 Å². The van der Waals surface area contributed by atoms with Gasteiger partial charge in [-0.25, -0.2) is 8.96 Å². The maximum Gasteiger partial charge on any atom is 0.267 e. The first-order valence-corrected chi connectivity index (χ1v) is 11.9. The van der Waals surface area contributed by atoms with Crippen molar-refractivity contribution < 1.29 is 9.18 Å². The Balaban J connectivity index is 1.61. The molecule has 2 aromatic heterocycles. The molecule has 3 aromatic carbocycles. The van der Waals surface area contributed by atoms with Crippen LogP contribution >= 0.6 is 11.8 Å². The third kappa shape index (κ3) is 4.19. The van der Waals surface area contributed by atoms with Crippen molar-refractivity contribution in [3.05, 3.63) is 94.0 Å². The highest BCUT2D eigenvalue weighted by Crippen LogP contribution is 2.27. The summed E-state index contributed by atoms with van der Waals surface area (Å²) in [6, 6.07) is 18.9. The molecule has 1 N–H and O–H groups in total. The normalized spacial score (nSPS) is 12.2. The van der Waals surface area contributed by atoms with E-state index in [9.17, 15) is 14.0 Å². The molecule has 176 valence electrons. The van der Waals surface area contributed by atoms with Gasteiger partial charge in [-0.05, 0) is 62.7 Å². The molecule has 5 rings (SSSR count). The number of hydrogen-bond acceptors (Lipinski definition) is 5. The quantitative estimate of drug-likeness (QED) is 0.356. The Kier molecular flexibility index (Phi) is 5.86. The van der Waals surface area contributed by atoms with Crippen LogP contribution in [0.4, 0.5) is 10.1 Å². The Morgan fingerprint density at radius 3 is 2.60 bits per heavy atom. The summed E-state index contributed by atoms with van der Waals surface area (Å²) >= 11 is 1.21. The van der Waals surface area contributed by atoms with E-state index < -0.39 is 11.1 Å². The smallest absolute Gasteiger partial charge is 0.267 e. The van der Waals surface area contributed by atoms with Crippen LogP contribution < -0.4 is 10.9 Å². The molecule has 0 aliphatic carbocycles. The number of nitrogens with zero attached hydrogens (tertiary/aromatic N) is 4. The van der Waals surface area contributed by atoms with Crippen molar-refractivity contribution in [2.45, 2.75) is 31.2 Å². The van der Waals surface area contributed by atoms with Gasteiger partial charge in [0, 0.05) is 5.69 Å². The monoisotopic (exact) mass is 487 g/mol. The summed E-state index contributed by atoms with van der Waals surface area (Å²) in [5.41, 5.74) is 3.58. The molecule has 2 heterocycles. The van der Waals surface area contributed by atoms with Gasteiger partial charge in [0.25, 0.3) is 5.56 Å². The predicted molar refractivity (Wildman–Crippen MR) is 136 cm³/mol. The van der Waals surface area contributed by atoms with Crippen molar-refractivity contribution >= 4 is 40.0 Å². The molecule has 1 atom stereocenters. The highest BCUT2D eigenvalue weighted by Gasteiger charge is 2.22. The number of fused-ring (bicyclic) bond motifs is 3. The van der Waals surface area contributed by atoms with E-state index in [1.54, 1.807) is 28.0 Å². The number of benzene rings is 3. The zero-order valence-corrected chi connectivity index (χ0v) is 20.1. The molecule has 0 saturated carbocycles. The van der Waals surface area contributed by atoms with Crippen molar-refractivity contribution in [2.75, 3.05) is 5.32 Å². The van der Waals surface area contributed by atoms with Crippen LogP contribution in [-0.4, -0.2) is 30.3 Å². The summed E-state index contributed by atoms with van der Waals surface area (Å²) in [5, 5.41) is 11.8. The lowest BCUT2D eigenvalue weighted by molar-refractivity contribution is -0.115. The van der Waals surface area contributed by atoms with E-state index in [0.29, 0.717) is 27.5 Å². The van der Waals surface area contributed by atoms with E-state index >= 15 is 0 Å². The van der Waals surface area contributed by atoms with Crippen LogP contribution in [0.3, 0.4) is 0 Å². The second kappa shape index (κ2) is 8.99. The fourth-order valence-electron chi connectivity index (χ4n) is 4.05. The Labute approximate surface area is 204 Å². The molecule has 0 saturated heterocycles. The molecule has 1 unspecified atom stereocenters. The molecule has 5 aromatic rings. The number of rotatable bonds is 5. The molecular weight excluding hydrogens is 465 g/mol. The molecular formula is C26H22FN5O2S. The van der Waals surface area contributed by atoms with Gasteiger partial charge in [-0.2, -0.15) is 0 Å². The minimum absolute atomic E-state index is 0.194. The number of carbonyl (C=O) groups is 1. The molecule has 0 radical (unpaired) electrons. The number of hydrogen-bond donors (Lipinski definition) is 1. The maximum atomic E-state index is 13.5. The molecule has 9 heteroatoms. The highest BCUT2D eigenvalue weighted by molar-refractivity contribution is 8.00. The fraction of sp³-hybridized carbons (Fsp3) is 0.154. The highest BCUT2D eigenvalue weighted by atomic mass is 32.2. The summed E-state index contributed by atoms with van der Waals surface area (Å²) in [7, 11) is 0. The van der Waals surface area contributed by atoms with Gasteiger partial charge in [-0.3, -0.25) is 14.0 Å². The van der Waals surface area contributed by atoms with Crippen LogP contribution in [0.15, 0.2) is 76.7 Å². The number of carbonyl (C=O) groups excluding carboxylic acids is 1. The zero-order valence-electron chi connectivity index (χ0n) is 19.3. The van der Waals surface area contributed by atoms with Crippen molar-refractivity contribution in [3.63, 3.8) is 0 Å². The van der Waals surface area contributed by atoms with Gasteiger partial charge >= 0.3 is 0 Å². The van der Waals surface area contributed by atoms with Gasteiger partial charge in [0.2, 0.25) is 11.7 Å². The second-order valence-electron chi connectivity index (χ2n) is 8.33. The van der Waals surface area contributed by atoms with E-state index in [-0.39, 0.29) is 11.5 Å². The van der Waals surface area contributed by atoms with E-state index in [1.165, 1.54) is 30.0 Å². The first-order chi connectivity index (χ1) is 16.8. The number of thioether (sulfide) groups is 1. The second-order valence-corrected chi connectivity index (χ2v) is 9.63. The number of halogens is 1. The predicted octanol–water partition coefficient (Wildman–Crippen LogP) is 4.91. The van der Waals surface area contributed by atoms with Crippen LogP contribution in [0, 0.1) is 19.7 Å². The molecule has 0 aliphatic heterocycles. The van der Waals surface area contributed by atoms with Crippen LogP contribution in [0.1, 0.15) is 18.1 Å². The van der Waals surface area contributed by atoms with E-state index in [2.05, 4.69) is 15.5 Å². The molecule has 0 bridgehead atoms. The summed E-state index contributed by atoms with van der Waals surface area (Å²) in [4.78, 5) is 26.3. The zero-order chi connectivity index (χ0) is 24.7. The SMILES string of the molecule is Cc1ccc(-n2c(=O)c3ccccc3n3c(SC(C)C(=O)Nc4cccc(F)c4)nnc23)c(C)c1. The van der Waals surface area contributed by atoms with E-state index in [0.717, 1.165) is 16.8 Å². The Morgan fingerprint density at radius 1 is 1.03 bits per heavy atom. The van der Waals surface area contributed by atoms with Gasteiger partial charge in [0.15, 0.2) is 5.16 Å². The van der Waals surface area contributed by atoms with Gasteiger partial charge in [0.1, 0.15) is 5.82 Å². The standard InChI is InChI=1S/C26H22FN5O2S/c1-15-11-12-21(16(2)13-15)31-24(34)20-9-4-5-10-22(20)32-25(31)29-30-26(32)35-17(3)23(33)28-19-8-6-7-18(27)14-19/h4-14,17H,1-3H3,(H,28,33). The number of anilines is 1. The van der Waals surface area contributed by atoms with Crippen LogP contribution in [0.5, 0.6) is 0 Å². The molecule has 1 amide bonds. The minimum Gasteiger partial charge on any atom is -0.325 e. The topological polar surface area (TPSA) is 81.3 Å². The molecule has 0 aliphatic rings. The molecule has 7 nitrogen and oxygen atoms in total. The lowest BCUT2D eigenvalue weighted by Crippen LogP contribution is -2.24. The van der Waals surface area contributed by atoms with Crippen molar-refractivity contribution in [1.29, 1.82) is 0 Å². The third-order valence-electron chi connectivity index (χ3n) is 5.73. The number of para-hydroxylation sites is 1. The number of aromatic nitrogens is 4. The van der Waals surface area contributed by atoms with Crippen molar-refractivity contribution in [3.8, 4) is 5.69 Å². The minimum atomic E-state index is -0.564. The number of nitrogens with one attached hydrogen (secondary N) is 1. The van der Waals surface area contributed by atoms with Crippen LogP contribution in [0.25, 0.3) is 22.4 Å². The Bertz CT molecular complexity index is 1660. The fourth-order valence-corrected chi connectivity index (χ4v) is 4.91. The summed E-state index contributed by atoms with van der Waals surface area (Å²) in [6.45, 7) is 5.69. The lowest BCUT2D eigenvalue weighted by atomic mass is 10.1. The van der Waals surface area contributed by atoms with Gasteiger partial charge in [0.05, 0.1) is 21.8 Å². The molecule has 0 spiro atoms. The van der Waals surface area contributed by atoms with Crippen LogP contribution in [0.2, 0.25) is 0 Å². The number of amides is 1. The van der Waals surface area contributed by atoms with E-state index in [1.807, 2.05) is 50.2 Å². The van der Waals surface area contributed by atoms with Gasteiger partial charge < -0.3 is 5.32 Å².